The first kappa shape index (κ1) is 27.2. The average molecular weight is 616 g/mol. The summed E-state index contributed by atoms with van der Waals surface area (Å²) in [6, 6.07) is 22.9. The van der Waals surface area contributed by atoms with Crippen LogP contribution in [-0.2, 0) is 0 Å². The molecule has 0 atom stereocenters. The highest BCUT2D eigenvalue weighted by Gasteiger charge is 2.20. The summed E-state index contributed by atoms with van der Waals surface area (Å²) in [5.74, 6) is 2.74. The van der Waals surface area contributed by atoms with Gasteiger partial charge in [-0.3, -0.25) is 0 Å². The van der Waals surface area contributed by atoms with Gasteiger partial charge in [-0.05, 0) is 68.3 Å². The van der Waals surface area contributed by atoms with Crippen molar-refractivity contribution in [1.29, 1.82) is 0 Å². The minimum Gasteiger partial charge on any atom is -0.496 e. The number of hydrogen-bond acceptors (Lipinski definition) is 6. The Labute approximate surface area is 228 Å². The maximum Gasteiger partial charge on any atom is 0.130 e. The number of hydrogen-bond donors (Lipinski definition) is 2. The van der Waals surface area contributed by atoms with Crippen molar-refractivity contribution in [2.24, 2.45) is 0 Å². The number of halogens is 2. The highest BCUT2D eigenvalue weighted by molar-refractivity contribution is 9.11. The van der Waals surface area contributed by atoms with E-state index in [0.717, 1.165) is 36.9 Å². The van der Waals surface area contributed by atoms with Crippen LogP contribution < -0.4 is 30.4 Å². The Morgan fingerprint density at radius 3 is 1.08 bits per heavy atom. The molecule has 0 saturated heterocycles. The number of nitrogen functional groups attached to an aromatic ring is 2. The van der Waals surface area contributed by atoms with Gasteiger partial charge in [-0.15, -0.1) is 0 Å². The largest absolute Gasteiger partial charge is 0.496 e. The lowest BCUT2D eigenvalue weighted by Crippen LogP contribution is -2.00. The molecule has 0 fully saturated rings. The molecular weight excluding hydrogens is 588 g/mol. The number of para-hydroxylation sites is 2. The first-order valence-corrected chi connectivity index (χ1v) is 12.5. The third-order valence-electron chi connectivity index (χ3n) is 5.50. The molecule has 0 aromatic heterocycles. The van der Waals surface area contributed by atoms with Crippen LogP contribution in [0.4, 0.5) is 11.4 Å². The van der Waals surface area contributed by atoms with E-state index in [1.165, 1.54) is 0 Å². The lowest BCUT2D eigenvalue weighted by molar-refractivity contribution is 0.397. The van der Waals surface area contributed by atoms with E-state index in [4.69, 9.17) is 30.4 Å². The van der Waals surface area contributed by atoms with Crippen molar-refractivity contribution < 1.29 is 18.9 Å². The average Bonchev–Trinajstić information content (AvgIpc) is 2.91. The van der Waals surface area contributed by atoms with E-state index >= 15 is 0 Å². The van der Waals surface area contributed by atoms with Crippen LogP contribution in [0.3, 0.4) is 0 Å². The Kier molecular flexibility index (Phi) is 9.50. The van der Waals surface area contributed by atoms with Crippen molar-refractivity contribution in [2.75, 3.05) is 39.9 Å². The van der Waals surface area contributed by atoms with Gasteiger partial charge in [-0.2, -0.15) is 0 Å². The number of benzene rings is 4. The van der Waals surface area contributed by atoms with E-state index in [2.05, 4.69) is 31.9 Å². The summed E-state index contributed by atoms with van der Waals surface area (Å²) < 4.78 is 24.0. The quantitative estimate of drug-likeness (QED) is 0.219. The van der Waals surface area contributed by atoms with Crippen LogP contribution in [0.5, 0.6) is 23.0 Å². The van der Waals surface area contributed by atoms with Crippen LogP contribution in [-0.4, -0.2) is 28.4 Å². The zero-order valence-corrected chi connectivity index (χ0v) is 23.6. The molecule has 188 valence electrons. The van der Waals surface area contributed by atoms with Crippen LogP contribution in [0.1, 0.15) is 0 Å². The van der Waals surface area contributed by atoms with Crippen molar-refractivity contribution in [3.05, 3.63) is 81.7 Å². The topological polar surface area (TPSA) is 89.0 Å². The maximum absolute atomic E-state index is 6.62. The molecule has 0 radical (unpaired) electrons. The molecule has 0 aliphatic rings. The van der Waals surface area contributed by atoms with Gasteiger partial charge in [-0.25, -0.2) is 0 Å². The normalized spacial score (nSPS) is 10.2. The fourth-order valence-electron chi connectivity index (χ4n) is 3.75. The molecule has 8 heteroatoms. The Morgan fingerprint density at radius 2 is 0.778 bits per heavy atom. The van der Waals surface area contributed by atoms with Crippen LogP contribution >= 0.6 is 31.9 Å². The minimum atomic E-state index is 0.586. The molecule has 0 aliphatic carbocycles. The molecule has 4 aromatic rings. The van der Waals surface area contributed by atoms with E-state index in [9.17, 15) is 0 Å². The van der Waals surface area contributed by atoms with Gasteiger partial charge < -0.3 is 30.4 Å². The van der Waals surface area contributed by atoms with Gasteiger partial charge in [0.05, 0.1) is 45.3 Å². The highest BCUT2D eigenvalue weighted by Crippen LogP contribution is 2.47. The van der Waals surface area contributed by atoms with E-state index in [0.29, 0.717) is 28.7 Å². The Hall–Kier alpha value is -3.36. The molecule has 4 N–H and O–H groups in total. The van der Waals surface area contributed by atoms with E-state index in [-0.39, 0.29) is 0 Å². The van der Waals surface area contributed by atoms with Crippen LogP contribution in [0.2, 0.25) is 0 Å². The Bertz CT molecular complexity index is 1210. The molecule has 4 rings (SSSR count). The van der Waals surface area contributed by atoms with E-state index < -0.39 is 0 Å². The Balaban J connectivity index is 0.000000338. The summed E-state index contributed by atoms with van der Waals surface area (Å²) in [4.78, 5) is 0. The fourth-order valence-corrected chi connectivity index (χ4v) is 4.74. The summed E-state index contributed by atoms with van der Waals surface area (Å²) >= 11 is 6.58. The molecule has 0 bridgehead atoms. The fraction of sp³-hybridized carbons (Fsp3) is 0.143. The van der Waals surface area contributed by atoms with Gasteiger partial charge in [0.25, 0.3) is 0 Å². The molecule has 0 amide bonds. The second-order valence-electron chi connectivity index (χ2n) is 7.48. The summed E-state index contributed by atoms with van der Waals surface area (Å²) in [7, 11) is 6.51. The van der Waals surface area contributed by atoms with Crippen molar-refractivity contribution >= 4 is 43.2 Å². The molecule has 0 aliphatic heterocycles. The molecule has 6 nitrogen and oxygen atoms in total. The summed E-state index contributed by atoms with van der Waals surface area (Å²) in [5, 5.41) is 0. The van der Waals surface area contributed by atoms with Crippen molar-refractivity contribution in [1.82, 2.24) is 0 Å². The molecule has 36 heavy (non-hydrogen) atoms. The third kappa shape index (κ3) is 5.71. The second kappa shape index (κ2) is 12.6. The molecule has 0 spiro atoms. The van der Waals surface area contributed by atoms with Gasteiger partial charge in [0.1, 0.15) is 23.0 Å². The lowest BCUT2D eigenvalue weighted by Gasteiger charge is -2.19. The predicted octanol–water partition coefficient (Wildman–Crippen LogP) is 7.43. The van der Waals surface area contributed by atoms with E-state index in [1.54, 1.807) is 28.4 Å². The zero-order valence-electron chi connectivity index (χ0n) is 20.5. The number of nitrogens with two attached hydrogens (primary N) is 2. The van der Waals surface area contributed by atoms with E-state index in [1.807, 2.05) is 72.8 Å². The van der Waals surface area contributed by atoms with Gasteiger partial charge in [0.2, 0.25) is 0 Å². The number of rotatable bonds is 6. The molecule has 0 unspecified atom stereocenters. The monoisotopic (exact) mass is 614 g/mol. The minimum absolute atomic E-state index is 0.586. The van der Waals surface area contributed by atoms with Crippen molar-refractivity contribution in [3.63, 3.8) is 0 Å². The van der Waals surface area contributed by atoms with Gasteiger partial charge in [0.15, 0.2) is 0 Å². The first-order valence-electron chi connectivity index (χ1n) is 10.9. The molecule has 0 saturated carbocycles. The van der Waals surface area contributed by atoms with Crippen molar-refractivity contribution in [2.45, 2.75) is 0 Å². The van der Waals surface area contributed by atoms with Crippen molar-refractivity contribution in [3.8, 4) is 45.3 Å². The summed E-state index contributed by atoms with van der Waals surface area (Å²) in [6.45, 7) is 0. The van der Waals surface area contributed by atoms with Crippen LogP contribution in [0, 0.1) is 0 Å². The first-order chi connectivity index (χ1) is 17.4. The summed E-state index contributed by atoms with van der Waals surface area (Å²) in [6.07, 6.45) is 0. The number of methoxy groups -OCH3 is 4. The van der Waals surface area contributed by atoms with Crippen LogP contribution in [0.25, 0.3) is 22.3 Å². The van der Waals surface area contributed by atoms with Gasteiger partial charge >= 0.3 is 0 Å². The lowest BCUT2D eigenvalue weighted by atomic mass is 9.94. The van der Waals surface area contributed by atoms with Gasteiger partial charge in [0, 0.05) is 25.8 Å². The molecule has 4 aromatic carbocycles. The SMILES string of the molecule is COc1cccc(OC)c1-c1cccc(-c2c(OC)cccc2OC)c1N.Nc1c(Br)cccc1Br. The smallest absolute Gasteiger partial charge is 0.130 e. The standard InChI is InChI=1S/C22H23NO4.C6H5Br2N/c1-24-16-10-6-11-17(25-2)20(16)14-8-5-9-15(22(14)23)21-18(26-3)12-7-13-19(21)27-4;7-4-2-1-3-5(8)6(4)9/h5-13H,23H2,1-4H3;1-3H,9H2. The highest BCUT2D eigenvalue weighted by atomic mass is 79.9. The zero-order chi connectivity index (χ0) is 26.2. The third-order valence-corrected chi connectivity index (χ3v) is 6.88. The number of ether oxygens (including phenoxy) is 4. The molecular formula is C28H28Br2N2O4. The number of anilines is 2. The molecule has 0 heterocycles. The maximum atomic E-state index is 6.62. The predicted molar refractivity (Wildman–Crippen MR) is 154 cm³/mol. The Morgan fingerprint density at radius 1 is 0.472 bits per heavy atom. The van der Waals surface area contributed by atoms with Crippen LogP contribution in [0.15, 0.2) is 81.7 Å². The summed E-state index contributed by atoms with van der Waals surface area (Å²) in [5.41, 5.74) is 16.8. The van der Waals surface area contributed by atoms with Gasteiger partial charge in [-0.1, -0.05) is 36.4 Å². The second-order valence-corrected chi connectivity index (χ2v) is 9.19.